The Kier molecular flexibility index (Phi) is 7.06. The first-order valence-electron chi connectivity index (χ1n) is 7.62. The zero-order chi connectivity index (χ0) is 17.3. The third-order valence-electron chi connectivity index (χ3n) is 3.28. The second-order valence-corrected chi connectivity index (χ2v) is 18.1. The maximum Gasteiger partial charge on any atom is 0.237 e. The first kappa shape index (κ1) is 21.5. The van der Waals surface area contributed by atoms with Gasteiger partial charge in [0, 0.05) is 15.8 Å². The number of aliphatic hydroxyl groups is 3. The van der Waals surface area contributed by atoms with Crippen molar-refractivity contribution in [1.82, 2.24) is 0 Å². The Morgan fingerprint density at radius 2 is 1.29 bits per heavy atom. The van der Waals surface area contributed by atoms with Crippen LogP contribution in [0, 0.1) is 0 Å². The summed E-state index contributed by atoms with van der Waals surface area (Å²) in [5, 5.41) is 32.4. The van der Waals surface area contributed by atoms with E-state index in [1.165, 1.54) is 6.92 Å². The van der Waals surface area contributed by atoms with E-state index in [9.17, 15) is 15.3 Å². The molecule has 0 aliphatic carbocycles. The quantitative estimate of drug-likeness (QED) is 0.448. The Bertz CT molecular complexity index is 340. The number of hydrogen-bond acceptors (Lipinski definition) is 5. The topological polar surface area (TPSA) is 79.2 Å². The second-order valence-electron chi connectivity index (χ2n) is 7.81. The van der Waals surface area contributed by atoms with Crippen molar-refractivity contribution in [3.63, 3.8) is 0 Å². The minimum Gasteiger partial charge on any atom is -0.388 e. The van der Waals surface area contributed by atoms with Gasteiger partial charge >= 0.3 is 0 Å². The van der Waals surface area contributed by atoms with Crippen LogP contribution in [-0.2, 0) is 8.85 Å². The highest BCUT2D eigenvalue weighted by atomic mass is 28.4. The maximum atomic E-state index is 11.2. The van der Waals surface area contributed by atoms with Gasteiger partial charge in [-0.15, -0.1) is 0 Å². The maximum absolute atomic E-state index is 11.2. The number of hydrogen-bond donors (Lipinski definition) is 3. The third-order valence-corrected chi connectivity index (χ3v) is 6.73. The molecule has 0 aromatic carbocycles. The molecule has 0 radical (unpaired) electrons. The average Bonchev–Trinajstić information content (AvgIpc) is 2.22. The standard InChI is InChI=1S/C13H34O5Si3/c1-9-11(19)13(16,18-21(6,7)8)12(15,10(2)14)17-20(3,4)5/h10-11,14-16H,9H2,1-8,19H3. The van der Waals surface area contributed by atoms with Crippen molar-refractivity contribution < 1.29 is 24.2 Å². The van der Waals surface area contributed by atoms with Crippen LogP contribution in [0.1, 0.15) is 20.3 Å². The molecule has 0 rings (SSSR count). The molecule has 0 aromatic heterocycles. The van der Waals surface area contributed by atoms with Crippen LogP contribution in [0.25, 0.3) is 0 Å². The fraction of sp³-hybridized carbons (Fsp3) is 1.00. The summed E-state index contributed by atoms with van der Waals surface area (Å²) in [7, 11) is -3.76. The summed E-state index contributed by atoms with van der Waals surface area (Å²) in [4.78, 5) is 0. The van der Waals surface area contributed by atoms with Crippen molar-refractivity contribution in [3.8, 4) is 0 Å². The molecule has 5 nitrogen and oxygen atoms in total. The van der Waals surface area contributed by atoms with Gasteiger partial charge in [0.05, 0.1) is 0 Å². The van der Waals surface area contributed by atoms with Crippen LogP contribution in [0.15, 0.2) is 0 Å². The van der Waals surface area contributed by atoms with E-state index in [1.807, 2.05) is 46.2 Å². The zero-order valence-corrected chi connectivity index (χ0v) is 19.0. The van der Waals surface area contributed by atoms with E-state index in [0.717, 1.165) is 0 Å². The van der Waals surface area contributed by atoms with E-state index in [1.54, 1.807) is 0 Å². The molecule has 0 aliphatic heterocycles. The molecule has 0 saturated heterocycles. The summed E-state index contributed by atoms with van der Waals surface area (Å²) in [5.74, 6) is -3.99. The largest absolute Gasteiger partial charge is 0.388 e. The van der Waals surface area contributed by atoms with Crippen LogP contribution in [0.2, 0.25) is 44.8 Å². The van der Waals surface area contributed by atoms with Gasteiger partial charge in [0.2, 0.25) is 11.6 Å². The molecule has 0 aromatic rings. The molecular weight excluding hydrogens is 320 g/mol. The van der Waals surface area contributed by atoms with E-state index in [0.29, 0.717) is 16.7 Å². The predicted molar refractivity (Wildman–Crippen MR) is 94.4 cm³/mol. The molecule has 0 bridgehead atoms. The van der Waals surface area contributed by atoms with Gasteiger partial charge in [-0.2, -0.15) is 0 Å². The van der Waals surface area contributed by atoms with E-state index >= 15 is 0 Å². The smallest absolute Gasteiger partial charge is 0.237 e. The summed E-state index contributed by atoms with van der Waals surface area (Å²) in [5.41, 5.74) is -0.250. The monoisotopic (exact) mass is 354 g/mol. The van der Waals surface area contributed by atoms with Crippen LogP contribution >= 0.6 is 0 Å². The van der Waals surface area contributed by atoms with Gasteiger partial charge in [0.15, 0.2) is 16.6 Å². The minimum absolute atomic E-state index is 0.250. The lowest BCUT2D eigenvalue weighted by Gasteiger charge is -2.51. The lowest BCUT2D eigenvalue weighted by atomic mass is 9.96. The minimum atomic E-state index is -2.22. The van der Waals surface area contributed by atoms with Gasteiger partial charge in [-0.3, -0.25) is 0 Å². The van der Waals surface area contributed by atoms with Gasteiger partial charge in [-0.05, 0) is 46.2 Å². The molecule has 0 spiro atoms. The van der Waals surface area contributed by atoms with Gasteiger partial charge in [0.1, 0.15) is 6.10 Å². The normalized spacial score (nSPS) is 22.4. The highest BCUT2D eigenvalue weighted by Crippen LogP contribution is 2.42. The van der Waals surface area contributed by atoms with Crippen LogP contribution in [0.5, 0.6) is 0 Å². The molecule has 128 valence electrons. The summed E-state index contributed by atoms with van der Waals surface area (Å²) in [6.45, 7) is 14.9. The van der Waals surface area contributed by atoms with Crippen LogP contribution in [0.3, 0.4) is 0 Å². The summed E-state index contributed by atoms with van der Waals surface area (Å²) in [6, 6.07) is 0. The summed E-state index contributed by atoms with van der Waals surface area (Å²) in [6.07, 6.45) is -0.606. The summed E-state index contributed by atoms with van der Waals surface area (Å²) >= 11 is 0. The molecule has 0 amide bonds. The highest BCUT2D eigenvalue weighted by Gasteiger charge is 2.60. The van der Waals surface area contributed by atoms with E-state index < -0.39 is 34.3 Å². The number of aliphatic hydroxyl groups excluding tert-OH is 1. The Labute approximate surface area is 134 Å². The van der Waals surface area contributed by atoms with Gasteiger partial charge < -0.3 is 24.2 Å². The van der Waals surface area contributed by atoms with Gasteiger partial charge in [-0.25, -0.2) is 0 Å². The van der Waals surface area contributed by atoms with E-state index in [4.69, 9.17) is 8.85 Å². The van der Waals surface area contributed by atoms with Crippen molar-refractivity contribution in [2.75, 3.05) is 0 Å². The van der Waals surface area contributed by atoms with Crippen molar-refractivity contribution in [2.24, 2.45) is 0 Å². The summed E-state index contributed by atoms with van der Waals surface area (Å²) < 4.78 is 11.8. The number of rotatable bonds is 8. The molecule has 4 atom stereocenters. The highest BCUT2D eigenvalue weighted by molar-refractivity contribution is 6.70. The lowest BCUT2D eigenvalue weighted by Crippen LogP contribution is -2.69. The SMILES string of the molecule is CCC([SiH3])C(O)(O[Si](C)(C)C)C(O)(O[Si](C)(C)C)C(C)O. The molecule has 0 heterocycles. The van der Waals surface area contributed by atoms with E-state index in [2.05, 4.69) is 0 Å². The van der Waals surface area contributed by atoms with Crippen molar-refractivity contribution in [1.29, 1.82) is 0 Å². The molecule has 0 aliphatic rings. The van der Waals surface area contributed by atoms with Crippen molar-refractivity contribution in [3.05, 3.63) is 0 Å². The third kappa shape index (κ3) is 5.54. The Balaban J connectivity index is 5.93. The van der Waals surface area contributed by atoms with E-state index in [-0.39, 0.29) is 5.54 Å². The fourth-order valence-electron chi connectivity index (χ4n) is 2.19. The first-order valence-corrected chi connectivity index (χ1v) is 15.6. The first-order chi connectivity index (χ1) is 9.09. The molecule has 4 unspecified atom stereocenters. The van der Waals surface area contributed by atoms with Gasteiger partial charge in [0.25, 0.3) is 0 Å². The van der Waals surface area contributed by atoms with Crippen molar-refractivity contribution >= 4 is 26.9 Å². The zero-order valence-electron chi connectivity index (χ0n) is 15.0. The van der Waals surface area contributed by atoms with Crippen LogP contribution in [-0.4, -0.2) is 59.9 Å². The Morgan fingerprint density at radius 3 is 1.52 bits per heavy atom. The lowest BCUT2D eigenvalue weighted by molar-refractivity contribution is -0.366. The second kappa shape index (κ2) is 6.91. The molecule has 3 N–H and O–H groups in total. The van der Waals surface area contributed by atoms with Crippen molar-refractivity contribution in [2.45, 2.75) is 82.8 Å². The molecule has 0 fully saturated rings. The molecular formula is C13H34O5Si3. The molecule has 8 heteroatoms. The molecule has 21 heavy (non-hydrogen) atoms. The van der Waals surface area contributed by atoms with Gasteiger partial charge in [-0.1, -0.05) is 13.3 Å². The fourth-order valence-corrected chi connectivity index (χ4v) is 5.49. The van der Waals surface area contributed by atoms with Crippen LogP contribution in [0.4, 0.5) is 0 Å². The average molecular weight is 355 g/mol. The Hall–Kier alpha value is 0.451. The predicted octanol–water partition coefficient (Wildman–Crippen LogP) is 1.01. The Morgan fingerprint density at radius 1 is 0.952 bits per heavy atom. The van der Waals surface area contributed by atoms with Crippen LogP contribution < -0.4 is 0 Å². The molecule has 0 saturated carbocycles.